The number of hydrogen-bond donors (Lipinski definition) is 2. The van der Waals surface area contributed by atoms with Gasteiger partial charge in [0.15, 0.2) is 5.65 Å². The molecule has 6 aliphatic rings. The molecule has 0 saturated carbocycles. The number of nitrogens with two attached hydrogens (primary N) is 1. The van der Waals surface area contributed by atoms with Gasteiger partial charge in [0.1, 0.15) is 35.4 Å². The summed E-state index contributed by atoms with van der Waals surface area (Å²) < 4.78 is 8.11. The number of amides is 6. The van der Waals surface area contributed by atoms with Gasteiger partial charge < -0.3 is 25.2 Å². The highest BCUT2D eigenvalue weighted by atomic mass is 16.5. The third-order valence-corrected chi connectivity index (χ3v) is 15.8. The lowest BCUT2D eigenvalue weighted by molar-refractivity contribution is -0.136. The maximum atomic E-state index is 13.8. The summed E-state index contributed by atoms with van der Waals surface area (Å²) in [6.07, 6.45) is 8.71. The molecule has 0 aliphatic carbocycles. The van der Waals surface area contributed by atoms with Crippen LogP contribution in [-0.4, -0.2) is 169 Å². The molecule has 1 unspecified atom stereocenters. The number of nitrogens with zero attached hydrogens (tertiary/aromatic N) is 10. The number of para-hydroxylation sites is 1. The smallest absolute Gasteiger partial charge is 0.320 e. The number of anilines is 1. The predicted molar refractivity (Wildman–Crippen MR) is 266 cm³/mol. The number of aromatic nitrogens is 4. The molecule has 18 heteroatoms. The Morgan fingerprint density at radius 1 is 0.704 bits per heavy atom. The number of urea groups is 1. The minimum Gasteiger partial charge on any atom is -0.457 e. The van der Waals surface area contributed by atoms with Gasteiger partial charge in [-0.3, -0.25) is 39.2 Å². The number of rotatable bonds is 11. The monoisotopic (exact) mass is 962 g/mol. The highest BCUT2D eigenvalue weighted by molar-refractivity contribution is 6.23. The van der Waals surface area contributed by atoms with E-state index in [1.807, 2.05) is 71.6 Å². The second-order valence-corrected chi connectivity index (χ2v) is 20.0. The van der Waals surface area contributed by atoms with Crippen molar-refractivity contribution < 1.29 is 28.7 Å². The van der Waals surface area contributed by atoms with E-state index >= 15 is 0 Å². The Bertz CT molecular complexity index is 2800. The molecule has 71 heavy (non-hydrogen) atoms. The van der Waals surface area contributed by atoms with Gasteiger partial charge in [0, 0.05) is 63.8 Å². The number of piperazine rings is 1. The Labute approximate surface area is 413 Å². The van der Waals surface area contributed by atoms with Crippen molar-refractivity contribution in [1.82, 2.24) is 54.5 Å². The Hall–Kier alpha value is -6.76. The van der Waals surface area contributed by atoms with Crippen molar-refractivity contribution in [1.29, 1.82) is 0 Å². The van der Waals surface area contributed by atoms with Crippen LogP contribution in [0.5, 0.6) is 11.5 Å². The fourth-order valence-electron chi connectivity index (χ4n) is 11.8. The fourth-order valence-corrected chi connectivity index (χ4v) is 11.8. The number of likely N-dealkylation sites (tertiary alicyclic amines) is 3. The number of carbonyl (C=O) groups is 5. The summed E-state index contributed by atoms with van der Waals surface area (Å²) in [4.78, 5) is 86.3. The van der Waals surface area contributed by atoms with Gasteiger partial charge >= 0.3 is 6.03 Å². The third kappa shape index (κ3) is 9.59. The van der Waals surface area contributed by atoms with Crippen LogP contribution in [0.2, 0.25) is 0 Å². The molecule has 0 spiro atoms. The molecule has 5 aromatic rings. The first-order valence-corrected chi connectivity index (χ1v) is 25.6. The van der Waals surface area contributed by atoms with E-state index in [4.69, 9.17) is 20.6 Å². The highest BCUT2D eigenvalue weighted by Crippen LogP contribution is 2.37. The standard InChI is InChI=1S/C53H62N12O6/c54-48-46-47(36-9-12-41(13-10-36)71-40-7-2-1-3-8-40)58-65(49(46)56-34-55-48)39-6-4-23-63(33-39)38-19-26-61(27-20-38)53(70)62-30-28-60(29-31-62)22-5-21-59-24-17-35(18-25-59)37-11-14-42-43(32-37)52(69)64(51(42)68)44-15-16-45(66)57-50(44)67/h1-3,7-14,32,34-35,38-39,44H,4-6,15-31,33H2,(H2,54,55,56)(H,57,66,67)/t39-,44?/m1/s1. The lowest BCUT2D eigenvalue weighted by Gasteiger charge is -2.44. The van der Waals surface area contributed by atoms with Gasteiger partial charge in [-0.15, -0.1) is 0 Å². The van der Waals surface area contributed by atoms with Crippen LogP contribution in [0, 0.1) is 0 Å². The van der Waals surface area contributed by atoms with E-state index in [9.17, 15) is 24.0 Å². The number of imide groups is 2. The first-order chi connectivity index (χ1) is 34.6. The van der Waals surface area contributed by atoms with E-state index in [0.717, 1.165) is 168 Å². The molecule has 6 amide bonds. The van der Waals surface area contributed by atoms with Crippen LogP contribution in [0.25, 0.3) is 22.3 Å². The average molecular weight is 963 g/mol. The van der Waals surface area contributed by atoms with Gasteiger partial charge in [0.2, 0.25) is 11.8 Å². The molecule has 18 nitrogen and oxygen atoms in total. The number of nitrogen functional groups attached to an aromatic ring is 1. The van der Waals surface area contributed by atoms with Gasteiger partial charge in [-0.25, -0.2) is 19.4 Å². The summed E-state index contributed by atoms with van der Waals surface area (Å²) in [5, 5.41) is 8.20. The minimum absolute atomic E-state index is 0.1000. The van der Waals surface area contributed by atoms with Gasteiger partial charge in [-0.2, -0.15) is 5.10 Å². The molecule has 0 radical (unpaired) electrons. The van der Waals surface area contributed by atoms with Crippen molar-refractivity contribution >= 4 is 46.5 Å². The van der Waals surface area contributed by atoms with Crippen molar-refractivity contribution in [3.63, 3.8) is 0 Å². The van der Waals surface area contributed by atoms with Gasteiger partial charge in [-0.1, -0.05) is 24.3 Å². The lowest BCUT2D eigenvalue weighted by atomic mass is 9.88. The second-order valence-electron chi connectivity index (χ2n) is 20.0. The van der Waals surface area contributed by atoms with E-state index in [-0.39, 0.29) is 36.7 Å². The van der Waals surface area contributed by atoms with Crippen molar-refractivity contribution in [2.75, 3.05) is 84.3 Å². The molecule has 6 aliphatic heterocycles. The first kappa shape index (κ1) is 46.6. The molecule has 3 N–H and O–H groups in total. The summed E-state index contributed by atoms with van der Waals surface area (Å²) in [5.74, 6) is 0.310. The summed E-state index contributed by atoms with van der Waals surface area (Å²) in [6, 6.07) is 22.9. The summed E-state index contributed by atoms with van der Waals surface area (Å²) in [6.45, 7) is 10.6. The Morgan fingerprint density at radius 3 is 2.15 bits per heavy atom. The van der Waals surface area contributed by atoms with Crippen molar-refractivity contribution in [2.24, 2.45) is 0 Å². The second kappa shape index (κ2) is 20.2. The van der Waals surface area contributed by atoms with Gasteiger partial charge in [0.25, 0.3) is 11.8 Å². The Balaban J connectivity index is 0.611. The maximum Gasteiger partial charge on any atom is 0.320 e. The molecule has 2 atom stereocenters. The summed E-state index contributed by atoms with van der Waals surface area (Å²) in [5.41, 5.74) is 10.7. The third-order valence-electron chi connectivity index (χ3n) is 15.8. The van der Waals surface area contributed by atoms with Crippen molar-refractivity contribution in [2.45, 2.75) is 81.8 Å². The molecule has 8 heterocycles. The largest absolute Gasteiger partial charge is 0.457 e. The molecular weight excluding hydrogens is 901 g/mol. The topological polar surface area (TPSA) is 196 Å². The van der Waals surface area contributed by atoms with Crippen molar-refractivity contribution in [3.8, 4) is 22.8 Å². The molecule has 3 aromatic carbocycles. The molecule has 0 bridgehead atoms. The fraction of sp³-hybridized carbons (Fsp3) is 0.472. The van der Waals surface area contributed by atoms with E-state index in [1.54, 1.807) is 6.07 Å². The van der Waals surface area contributed by atoms with Crippen LogP contribution in [-0.2, 0) is 9.59 Å². The Kier molecular flexibility index (Phi) is 13.2. The number of fused-ring (bicyclic) bond motifs is 2. The highest BCUT2D eigenvalue weighted by Gasteiger charge is 2.45. The minimum atomic E-state index is -0.960. The molecule has 5 saturated heterocycles. The lowest BCUT2D eigenvalue weighted by Crippen LogP contribution is -2.56. The van der Waals surface area contributed by atoms with E-state index in [1.165, 1.54) is 6.33 Å². The predicted octanol–water partition coefficient (Wildman–Crippen LogP) is 5.38. The first-order valence-electron chi connectivity index (χ1n) is 25.6. The molecule has 2 aromatic heterocycles. The van der Waals surface area contributed by atoms with Crippen molar-refractivity contribution in [3.05, 3.63) is 95.8 Å². The number of hydrogen-bond acceptors (Lipinski definition) is 13. The van der Waals surface area contributed by atoms with Crippen LogP contribution in [0.4, 0.5) is 10.6 Å². The Morgan fingerprint density at radius 2 is 1.41 bits per heavy atom. The average Bonchev–Trinajstić information content (AvgIpc) is 3.92. The van der Waals surface area contributed by atoms with Crippen LogP contribution in [0.15, 0.2) is 79.1 Å². The normalized spacial score (nSPS) is 22.3. The number of nitrogens with one attached hydrogen (secondary N) is 1. The number of benzene rings is 3. The quantitative estimate of drug-likeness (QED) is 0.161. The summed E-state index contributed by atoms with van der Waals surface area (Å²) >= 11 is 0. The zero-order valence-corrected chi connectivity index (χ0v) is 40.2. The van der Waals surface area contributed by atoms with E-state index in [0.29, 0.717) is 23.0 Å². The van der Waals surface area contributed by atoms with E-state index < -0.39 is 23.8 Å². The van der Waals surface area contributed by atoms with Crippen LogP contribution < -0.4 is 15.8 Å². The van der Waals surface area contributed by atoms with E-state index in [2.05, 4.69) is 34.6 Å². The van der Waals surface area contributed by atoms with Crippen LogP contribution in [0.3, 0.4) is 0 Å². The maximum absolute atomic E-state index is 13.8. The zero-order chi connectivity index (χ0) is 48.6. The molecule has 11 rings (SSSR count). The molecular formula is C53H62N12O6. The number of piperidine rings is 4. The summed E-state index contributed by atoms with van der Waals surface area (Å²) in [7, 11) is 0. The van der Waals surface area contributed by atoms with Gasteiger partial charge in [0.05, 0.1) is 22.6 Å². The zero-order valence-electron chi connectivity index (χ0n) is 40.2. The van der Waals surface area contributed by atoms with Gasteiger partial charge in [-0.05, 0) is 144 Å². The molecule has 370 valence electrons. The molecule has 5 fully saturated rings. The van der Waals surface area contributed by atoms with Crippen LogP contribution >= 0.6 is 0 Å². The number of carbonyl (C=O) groups excluding carboxylic acids is 5. The number of ether oxygens (including phenoxy) is 1. The SMILES string of the molecule is Nc1ncnc2c1c(-c1ccc(Oc3ccccc3)cc1)nn2[C@@H]1CCCN(C2CCN(C(=O)N3CCN(CCCN4CCC(c5ccc6c(c5)C(=O)N(C5CCC(=O)NC5=O)C6=O)CC4)CC3)CC2)C1. The van der Waals surface area contributed by atoms with Crippen LogP contribution in [0.1, 0.15) is 96.0 Å².